The van der Waals surface area contributed by atoms with E-state index < -0.39 is 5.97 Å². The Morgan fingerprint density at radius 2 is 1.85 bits per heavy atom. The van der Waals surface area contributed by atoms with Gasteiger partial charge in [-0.25, -0.2) is 0 Å². The smallest absolute Gasteiger partial charge is 0.300 e. The van der Waals surface area contributed by atoms with Crippen molar-refractivity contribution in [3.8, 4) is 0 Å². The van der Waals surface area contributed by atoms with E-state index in [1.54, 1.807) is 0 Å². The average molecular weight is 290 g/mol. The number of carbonyl (C=O) groups is 1. The fraction of sp³-hybridized carbons (Fsp3) is 0.786. The van der Waals surface area contributed by atoms with Crippen LogP contribution in [0.2, 0.25) is 0 Å². The summed E-state index contributed by atoms with van der Waals surface area (Å²) in [5, 5.41) is 7.42. The highest BCUT2D eigenvalue weighted by Gasteiger charge is 2.05. The SMILES string of the molecule is C1CCOC1.CC(=O)O.CCCCN1C=CN(C)C1.O. The Balaban J connectivity index is 0. The molecular formula is C14H30N2O4. The summed E-state index contributed by atoms with van der Waals surface area (Å²) in [5.41, 5.74) is 0. The zero-order valence-electron chi connectivity index (χ0n) is 13.0. The summed E-state index contributed by atoms with van der Waals surface area (Å²) in [7, 11) is 2.10. The summed E-state index contributed by atoms with van der Waals surface area (Å²) in [4.78, 5) is 13.5. The molecule has 120 valence electrons. The van der Waals surface area contributed by atoms with E-state index in [9.17, 15) is 0 Å². The summed E-state index contributed by atoms with van der Waals surface area (Å²) in [6.07, 6.45) is 9.43. The maximum absolute atomic E-state index is 9.00. The molecule has 0 spiro atoms. The topological polar surface area (TPSA) is 84.5 Å². The average Bonchev–Trinajstić information content (AvgIpc) is 2.99. The van der Waals surface area contributed by atoms with Crippen molar-refractivity contribution >= 4 is 5.97 Å². The first-order valence-corrected chi connectivity index (χ1v) is 6.96. The van der Waals surface area contributed by atoms with Crippen LogP contribution in [0.25, 0.3) is 0 Å². The van der Waals surface area contributed by atoms with E-state index in [4.69, 9.17) is 14.6 Å². The molecular weight excluding hydrogens is 260 g/mol. The second kappa shape index (κ2) is 14.1. The number of aliphatic carboxylic acids is 1. The number of carboxylic acids is 1. The molecule has 0 atom stereocenters. The Morgan fingerprint density at radius 3 is 2.15 bits per heavy atom. The van der Waals surface area contributed by atoms with E-state index in [1.807, 2.05) is 0 Å². The van der Waals surface area contributed by atoms with Crippen LogP contribution in [0.5, 0.6) is 0 Å². The van der Waals surface area contributed by atoms with E-state index in [1.165, 1.54) is 32.2 Å². The van der Waals surface area contributed by atoms with Crippen molar-refractivity contribution in [3.63, 3.8) is 0 Å². The quantitative estimate of drug-likeness (QED) is 0.852. The molecule has 0 amide bonds. The standard InChI is InChI=1S/C8H16N2.C4H8O.C2H4O2.H2O/c1-3-4-5-10-7-6-9(2)8-10;1-2-4-5-3-1;1-2(3)4;/h6-7H,3-5,8H2,1-2H3;1-4H2;1H3,(H,3,4);1H2. The van der Waals surface area contributed by atoms with Gasteiger partial charge in [0.2, 0.25) is 0 Å². The van der Waals surface area contributed by atoms with Crippen molar-refractivity contribution in [1.82, 2.24) is 9.80 Å². The van der Waals surface area contributed by atoms with Crippen molar-refractivity contribution in [2.75, 3.05) is 33.5 Å². The van der Waals surface area contributed by atoms with Gasteiger partial charge < -0.3 is 25.1 Å². The lowest BCUT2D eigenvalue weighted by Gasteiger charge is -2.17. The molecule has 0 aromatic rings. The largest absolute Gasteiger partial charge is 0.481 e. The van der Waals surface area contributed by atoms with E-state index in [0.717, 1.165) is 26.8 Å². The molecule has 0 unspecified atom stereocenters. The number of rotatable bonds is 3. The molecule has 0 saturated carbocycles. The third-order valence-electron chi connectivity index (χ3n) is 2.56. The predicted molar refractivity (Wildman–Crippen MR) is 80.4 cm³/mol. The first kappa shape index (κ1) is 21.0. The number of unbranched alkanes of at least 4 members (excludes halogenated alkanes) is 1. The van der Waals surface area contributed by atoms with Gasteiger partial charge in [-0.05, 0) is 19.3 Å². The van der Waals surface area contributed by atoms with Gasteiger partial charge in [-0.2, -0.15) is 0 Å². The Morgan fingerprint density at radius 1 is 1.30 bits per heavy atom. The van der Waals surface area contributed by atoms with Gasteiger partial charge in [0.1, 0.15) is 0 Å². The van der Waals surface area contributed by atoms with Crippen LogP contribution < -0.4 is 0 Å². The second-order valence-electron chi connectivity index (χ2n) is 4.70. The number of hydrogen-bond acceptors (Lipinski definition) is 4. The molecule has 2 aliphatic heterocycles. The lowest BCUT2D eigenvalue weighted by atomic mass is 10.3. The lowest BCUT2D eigenvalue weighted by Crippen LogP contribution is -2.23. The minimum atomic E-state index is -0.833. The molecule has 1 fully saturated rings. The van der Waals surface area contributed by atoms with Crippen LogP contribution >= 0.6 is 0 Å². The van der Waals surface area contributed by atoms with Crippen molar-refractivity contribution in [2.24, 2.45) is 0 Å². The Labute approximate surface area is 122 Å². The van der Waals surface area contributed by atoms with Gasteiger partial charge in [0, 0.05) is 46.1 Å². The van der Waals surface area contributed by atoms with Crippen LogP contribution in [0.3, 0.4) is 0 Å². The normalized spacial score (nSPS) is 15.8. The highest BCUT2D eigenvalue weighted by molar-refractivity contribution is 5.62. The number of hydrogen-bond donors (Lipinski definition) is 1. The maximum Gasteiger partial charge on any atom is 0.300 e. The van der Waals surface area contributed by atoms with E-state index >= 15 is 0 Å². The van der Waals surface area contributed by atoms with Gasteiger partial charge >= 0.3 is 0 Å². The van der Waals surface area contributed by atoms with E-state index in [0.29, 0.717) is 0 Å². The van der Waals surface area contributed by atoms with Crippen LogP contribution in [-0.4, -0.2) is 59.8 Å². The highest BCUT2D eigenvalue weighted by atomic mass is 16.5. The van der Waals surface area contributed by atoms with Crippen LogP contribution in [0, 0.1) is 0 Å². The molecule has 0 aliphatic carbocycles. The number of ether oxygens (including phenoxy) is 1. The predicted octanol–water partition coefficient (Wildman–Crippen LogP) is 1.53. The lowest BCUT2D eigenvalue weighted by molar-refractivity contribution is -0.134. The fourth-order valence-corrected chi connectivity index (χ4v) is 1.61. The Kier molecular flexibility index (Phi) is 14.9. The molecule has 2 rings (SSSR count). The second-order valence-corrected chi connectivity index (χ2v) is 4.70. The summed E-state index contributed by atoms with van der Waals surface area (Å²) >= 11 is 0. The van der Waals surface area contributed by atoms with Crippen molar-refractivity contribution in [2.45, 2.75) is 39.5 Å². The summed E-state index contributed by atoms with van der Waals surface area (Å²) in [6.45, 7) is 7.58. The maximum atomic E-state index is 9.00. The fourth-order valence-electron chi connectivity index (χ4n) is 1.61. The van der Waals surface area contributed by atoms with Crippen LogP contribution in [0.15, 0.2) is 12.4 Å². The minimum Gasteiger partial charge on any atom is -0.481 e. The van der Waals surface area contributed by atoms with Gasteiger partial charge in [-0.1, -0.05) is 13.3 Å². The van der Waals surface area contributed by atoms with Gasteiger partial charge in [0.25, 0.3) is 5.97 Å². The first-order chi connectivity index (χ1) is 9.06. The molecule has 6 heteroatoms. The Hall–Kier alpha value is -1.27. The summed E-state index contributed by atoms with van der Waals surface area (Å²) in [6, 6.07) is 0. The summed E-state index contributed by atoms with van der Waals surface area (Å²) < 4.78 is 4.94. The van der Waals surface area contributed by atoms with Gasteiger partial charge in [-0.15, -0.1) is 0 Å². The van der Waals surface area contributed by atoms with Gasteiger partial charge in [0.15, 0.2) is 0 Å². The Bertz CT molecular complexity index is 244. The zero-order chi connectivity index (χ0) is 14.5. The van der Waals surface area contributed by atoms with Crippen LogP contribution in [-0.2, 0) is 9.53 Å². The number of nitrogens with zero attached hydrogens (tertiary/aromatic N) is 2. The molecule has 2 heterocycles. The molecule has 0 aromatic carbocycles. The van der Waals surface area contributed by atoms with Gasteiger partial charge in [-0.3, -0.25) is 4.79 Å². The molecule has 2 aliphatic rings. The van der Waals surface area contributed by atoms with Crippen molar-refractivity contribution < 1.29 is 20.1 Å². The highest BCUT2D eigenvalue weighted by Crippen LogP contribution is 2.04. The third-order valence-corrected chi connectivity index (χ3v) is 2.56. The molecule has 20 heavy (non-hydrogen) atoms. The first-order valence-electron chi connectivity index (χ1n) is 6.96. The minimum absolute atomic E-state index is 0. The van der Waals surface area contributed by atoms with E-state index in [2.05, 4.69) is 36.2 Å². The zero-order valence-corrected chi connectivity index (χ0v) is 13.0. The molecule has 0 radical (unpaired) electrons. The molecule has 1 saturated heterocycles. The molecule has 3 N–H and O–H groups in total. The third kappa shape index (κ3) is 14.8. The molecule has 0 aromatic heterocycles. The molecule has 0 bridgehead atoms. The summed E-state index contributed by atoms with van der Waals surface area (Å²) in [5.74, 6) is -0.833. The number of carboxylic acid groups (broad SMARTS) is 1. The molecule has 6 nitrogen and oxygen atoms in total. The van der Waals surface area contributed by atoms with E-state index in [-0.39, 0.29) is 5.48 Å². The monoisotopic (exact) mass is 290 g/mol. The van der Waals surface area contributed by atoms with Crippen LogP contribution in [0.1, 0.15) is 39.5 Å². The van der Waals surface area contributed by atoms with Gasteiger partial charge in [0.05, 0.1) is 6.67 Å². The van der Waals surface area contributed by atoms with Crippen LogP contribution in [0.4, 0.5) is 0 Å². The van der Waals surface area contributed by atoms with Crippen molar-refractivity contribution in [3.05, 3.63) is 12.4 Å². The van der Waals surface area contributed by atoms with Crippen molar-refractivity contribution in [1.29, 1.82) is 0 Å².